The first-order valence-electron chi connectivity index (χ1n) is 8.58. The molecule has 0 saturated heterocycles. The number of hydrogen-bond donors (Lipinski definition) is 0. The van der Waals surface area contributed by atoms with E-state index in [0.29, 0.717) is 19.1 Å². The van der Waals surface area contributed by atoms with E-state index in [1.165, 1.54) is 5.56 Å². The molecule has 1 aliphatic rings. The van der Waals surface area contributed by atoms with Gasteiger partial charge in [-0.2, -0.15) is 0 Å². The van der Waals surface area contributed by atoms with Crippen LogP contribution in [-0.2, 0) is 31.0 Å². The molecule has 4 heterocycles. The van der Waals surface area contributed by atoms with Crippen LogP contribution in [0.25, 0.3) is 0 Å². The van der Waals surface area contributed by atoms with Gasteiger partial charge in [-0.1, -0.05) is 6.07 Å². The van der Waals surface area contributed by atoms with E-state index in [2.05, 4.69) is 25.6 Å². The highest BCUT2D eigenvalue weighted by atomic mass is 16.5. The van der Waals surface area contributed by atoms with Crippen molar-refractivity contribution in [3.8, 4) is 0 Å². The van der Waals surface area contributed by atoms with E-state index < -0.39 is 0 Å². The average molecular weight is 338 g/mol. The fourth-order valence-corrected chi connectivity index (χ4v) is 3.30. The molecule has 0 aromatic carbocycles. The molecule has 1 atom stereocenters. The lowest BCUT2D eigenvalue weighted by molar-refractivity contribution is 0.0648. The summed E-state index contributed by atoms with van der Waals surface area (Å²) in [5, 5.41) is 0. The molecule has 6 nitrogen and oxygen atoms in total. The van der Waals surface area contributed by atoms with Crippen LogP contribution in [0.15, 0.2) is 59.8 Å². The highest BCUT2D eigenvalue weighted by Crippen LogP contribution is 2.18. The van der Waals surface area contributed by atoms with Crippen LogP contribution in [0, 0.1) is 5.92 Å². The zero-order chi connectivity index (χ0) is 16.9. The second-order valence-corrected chi connectivity index (χ2v) is 6.50. The molecular formula is C19H22N4O2. The predicted octanol–water partition coefficient (Wildman–Crippen LogP) is 2.72. The minimum Gasteiger partial charge on any atom is -0.472 e. The maximum atomic E-state index is 5.95. The Morgan fingerprint density at radius 1 is 1.16 bits per heavy atom. The summed E-state index contributed by atoms with van der Waals surface area (Å²) in [5.74, 6) is 1.52. The number of pyridine rings is 1. The van der Waals surface area contributed by atoms with Gasteiger partial charge < -0.3 is 13.7 Å². The molecule has 0 amide bonds. The van der Waals surface area contributed by atoms with Gasteiger partial charge in [0.2, 0.25) is 0 Å². The van der Waals surface area contributed by atoms with Crippen LogP contribution in [0.5, 0.6) is 0 Å². The Labute approximate surface area is 147 Å². The van der Waals surface area contributed by atoms with Crippen molar-refractivity contribution in [1.82, 2.24) is 19.4 Å². The van der Waals surface area contributed by atoms with Crippen LogP contribution in [0.3, 0.4) is 0 Å². The molecule has 0 fully saturated rings. The lowest BCUT2D eigenvalue weighted by Crippen LogP contribution is -2.30. The van der Waals surface area contributed by atoms with Gasteiger partial charge in [-0.3, -0.25) is 9.88 Å². The molecule has 6 heteroatoms. The first-order chi connectivity index (χ1) is 12.4. The Morgan fingerprint density at radius 2 is 2.16 bits per heavy atom. The summed E-state index contributed by atoms with van der Waals surface area (Å²) < 4.78 is 13.4. The maximum absolute atomic E-state index is 5.95. The lowest BCUT2D eigenvalue weighted by atomic mass is 10.1. The zero-order valence-electron chi connectivity index (χ0n) is 14.1. The molecule has 130 valence electrons. The number of imidazole rings is 1. The average Bonchev–Trinajstić information content (AvgIpc) is 3.25. The molecule has 0 radical (unpaired) electrons. The minimum atomic E-state index is 0.408. The fourth-order valence-electron chi connectivity index (χ4n) is 3.30. The van der Waals surface area contributed by atoms with E-state index >= 15 is 0 Å². The Morgan fingerprint density at radius 3 is 3.00 bits per heavy atom. The molecule has 3 aromatic rings. The van der Waals surface area contributed by atoms with Gasteiger partial charge in [-0.25, -0.2) is 4.98 Å². The van der Waals surface area contributed by atoms with Crippen molar-refractivity contribution in [2.45, 2.75) is 26.2 Å². The molecule has 0 unspecified atom stereocenters. The third kappa shape index (κ3) is 4.15. The number of furan rings is 1. The van der Waals surface area contributed by atoms with Gasteiger partial charge in [-0.05, 0) is 18.2 Å². The van der Waals surface area contributed by atoms with Crippen LogP contribution in [0.4, 0.5) is 0 Å². The monoisotopic (exact) mass is 338 g/mol. The van der Waals surface area contributed by atoms with Crippen LogP contribution in [-0.4, -0.2) is 32.6 Å². The summed E-state index contributed by atoms with van der Waals surface area (Å²) in [6, 6.07) is 7.92. The minimum absolute atomic E-state index is 0.408. The summed E-state index contributed by atoms with van der Waals surface area (Å²) in [6.45, 7) is 4.86. The summed E-state index contributed by atoms with van der Waals surface area (Å²) >= 11 is 0. The van der Waals surface area contributed by atoms with Crippen LogP contribution >= 0.6 is 0 Å². The number of nitrogens with zero attached hydrogens (tertiary/aromatic N) is 4. The fraction of sp³-hybridized carbons (Fsp3) is 0.368. The Bertz CT molecular complexity index is 770. The number of ether oxygens (including phenoxy) is 1. The van der Waals surface area contributed by atoms with Gasteiger partial charge in [-0.15, -0.1) is 0 Å². The van der Waals surface area contributed by atoms with Crippen molar-refractivity contribution >= 4 is 0 Å². The molecule has 3 aromatic heterocycles. The molecule has 0 N–H and O–H groups in total. The standard InChI is InChI=1S/C19H22N4O2/c1-2-5-20-18(3-1)15-25-14-17-10-22(9-16-4-8-24-13-16)12-19-21-6-7-23(19)11-17/h1-8,13,17H,9-12,14-15H2/t17-/m1/s1. The Hall–Kier alpha value is -2.44. The maximum Gasteiger partial charge on any atom is 0.122 e. The van der Waals surface area contributed by atoms with Crippen molar-refractivity contribution in [1.29, 1.82) is 0 Å². The van der Waals surface area contributed by atoms with Crippen molar-refractivity contribution < 1.29 is 9.15 Å². The molecule has 25 heavy (non-hydrogen) atoms. The molecule has 0 aliphatic carbocycles. The van der Waals surface area contributed by atoms with E-state index in [-0.39, 0.29) is 0 Å². The number of aromatic nitrogens is 3. The molecule has 1 aliphatic heterocycles. The van der Waals surface area contributed by atoms with Crippen molar-refractivity contribution in [3.63, 3.8) is 0 Å². The second kappa shape index (κ2) is 7.63. The van der Waals surface area contributed by atoms with E-state index in [1.54, 1.807) is 12.5 Å². The second-order valence-electron chi connectivity index (χ2n) is 6.50. The molecule has 4 rings (SSSR count). The molecule has 0 bridgehead atoms. The van der Waals surface area contributed by atoms with Gasteiger partial charge in [0.05, 0.1) is 38.0 Å². The topological polar surface area (TPSA) is 56.3 Å². The molecule has 0 spiro atoms. The SMILES string of the molecule is c1ccc(COC[C@@H]2CN(Cc3ccoc3)Cc3nccn3C2)nc1. The highest BCUT2D eigenvalue weighted by Gasteiger charge is 2.23. The summed E-state index contributed by atoms with van der Waals surface area (Å²) in [4.78, 5) is 11.2. The zero-order valence-corrected chi connectivity index (χ0v) is 14.1. The third-order valence-corrected chi connectivity index (χ3v) is 4.45. The summed E-state index contributed by atoms with van der Waals surface area (Å²) in [5.41, 5.74) is 2.16. The van der Waals surface area contributed by atoms with Crippen LogP contribution in [0.1, 0.15) is 17.1 Å². The smallest absolute Gasteiger partial charge is 0.122 e. The third-order valence-electron chi connectivity index (χ3n) is 4.45. The largest absolute Gasteiger partial charge is 0.472 e. The highest BCUT2D eigenvalue weighted by molar-refractivity contribution is 5.06. The summed E-state index contributed by atoms with van der Waals surface area (Å²) in [6.07, 6.45) is 9.27. The van der Waals surface area contributed by atoms with Crippen molar-refractivity contribution in [3.05, 3.63) is 72.5 Å². The van der Waals surface area contributed by atoms with Gasteiger partial charge >= 0.3 is 0 Å². The van der Waals surface area contributed by atoms with Gasteiger partial charge in [0.15, 0.2) is 0 Å². The van der Waals surface area contributed by atoms with E-state index in [1.807, 2.05) is 36.7 Å². The predicted molar refractivity (Wildman–Crippen MR) is 92.4 cm³/mol. The number of rotatable bonds is 6. The lowest BCUT2D eigenvalue weighted by Gasteiger charge is -2.23. The molecular weight excluding hydrogens is 316 g/mol. The summed E-state index contributed by atoms with van der Waals surface area (Å²) in [7, 11) is 0. The van der Waals surface area contributed by atoms with Gasteiger partial charge in [0.25, 0.3) is 0 Å². The van der Waals surface area contributed by atoms with Crippen molar-refractivity contribution in [2.24, 2.45) is 5.92 Å². The van der Waals surface area contributed by atoms with Gasteiger partial charge in [0, 0.05) is 49.7 Å². The first kappa shape index (κ1) is 16.1. The number of hydrogen-bond acceptors (Lipinski definition) is 5. The van der Waals surface area contributed by atoms with E-state index in [4.69, 9.17) is 9.15 Å². The Kier molecular flexibility index (Phi) is 4.90. The first-order valence-corrected chi connectivity index (χ1v) is 8.58. The van der Waals surface area contributed by atoms with E-state index in [0.717, 1.165) is 37.7 Å². The molecule has 0 saturated carbocycles. The van der Waals surface area contributed by atoms with E-state index in [9.17, 15) is 0 Å². The normalized spacial score (nSPS) is 18.0. The Balaban J connectivity index is 1.40. The number of fused-ring (bicyclic) bond motifs is 1. The quantitative estimate of drug-likeness (QED) is 0.692. The van der Waals surface area contributed by atoms with Gasteiger partial charge in [0.1, 0.15) is 5.82 Å². The van der Waals surface area contributed by atoms with Crippen LogP contribution < -0.4 is 0 Å². The van der Waals surface area contributed by atoms with Crippen molar-refractivity contribution in [2.75, 3.05) is 13.2 Å². The van der Waals surface area contributed by atoms with Crippen LogP contribution in [0.2, 0.25) is 0 Å².